The van der Waals surface area contributed by atoms with Gasteiger partial charge in [-0.05, 0) is 12.1 Å². The summed E-state index contributed by atoms with van der Waals surface area (Å²) < 4.78 is 0. The van der Waals surface area contributed by atoms with Gasteiger partial charge in [0.15, 0.2) is 0 Å². The smallest absolute Gasteiger partial charge is 0.324 e. The zero-order valence-electron chi connectivity index (χ0n) is 13.5. The van der Waals surface area contributed by atoms with Gasteiger partial charge in [-0.15, -0.1) is 0 Å². The number of carbonyl (C=O) groups is 2. The van der Waals surface area contributed by atoms with Crippen LogP contribution in [0, 0.1) is 20.2 Å². The minimum atomic E-state index is -0.636. The number of carbonyl (C=O) groups excluding carboxylic acids is 2. The van der Waals surface area contributed by atoms with Gasteiger partial charge in [0.25, 0.3) is 11.8 Å². The molecule has 0 aromatic carbocycles. The largest absolute Gasteiger partial charge is 0.369 e. The average Bonchev–Trinajstić information content (AvgIpc) is 3.22. The first-order valence-corrected chi connectivity index (χ1v) is 8.28. The molecule has 2 heterocycles. The fourth-order valence-electron chi connectivity index (χ4n) is 1.33. The molecular formula is C13H13N5O6S2. The van der Waals surface area contributed by atoms with Crippen molar-refractivity contribution in [2.24, 2.45) is 10.7 Å². The van der Waals surface area contributed by atoms with Crippen molar-refractivity contribution in [3.63, 3.8) is 0 Å². The number of nitrogens with zero attached hydrogens (tertiary/aromatic N) is 4. The van der Waals surface area contributed by atoms with Crippen molar-refractivity contribution in [2.45, 2.75) is 0 Å². The Hall–Kier alpha value is -3.19. The maximum atomic E-state index is 11.3. The highest BCUT2D eigenvalue weighted by molar-refractivity contribution is 7.17. The molecule has 2 N–H and O–H groups in total. The van der Waals surface area contributed by atoms with Crippen LogP contribution >= 0.6 is 22.7 Å². The van der Waals surface area contributed by atoms with E-state index in [9.17, 15) is 29.8 Å². The molecule has 0 spiro atoms. The molecule has 2 aromatic heterocycles. The third-order valence-corrected chi connectivity index (χ3v) is 4.48. The van der Waals surface area contributed by atoms with Crippen LogP contribution in [0.2, 0.25) is 0 Å². The zero-order chi connectivity index (χ0) is 19.9. The van der Waals surface area contributed by atoms with E-state index in [1.165, 1.54) is 30.6 Å². The van der Waals surface area contributed by atoms with E-state index in [-0.39, 0.29) is 19.8 Å². The summed E-state index contributed by atoms with van der Waals surface area (Å²) in [6, 6.07) is 5.29. The molecule has 0 aliphatic carbocycles. The Bertz CT molecular complexity index is 828. The maximum absolute atomic E-state index is 11.3. The Morgan fingerprint density at radius 2 is 1.50 bits per heavy atom. The molecule has 13 heteroatoms. The van der Waals surface area contributed by atoms with Crippen LogP contribution in [0.1, 0.15) is 19.3 Å². The molecule has 0 atom stereocenters. The second-order valence-electron chi connectivity index (χ2n) is 4.67. The summed E-state index contributed by atoms with van der Waals surface area (Å²) in [5, 5.41) is 20.3. The van der Waals surface area contributed by atoms with Crippen molar-refractivity contribution >= 4 is 50.8 Å². The Balaban J connectivity index is 0.000000273. The van der Waals surface area contributed by atoms with E-state index in [0.717, 1.165) is 22.7 Å². The monoisotopic (exact) mass is 399 g/mol. The molecule has 138 valence electrons. The summed E-state index contributed by atoms with van der Waals surface area (Å²) >= 11 is 1.60. The number of nitrogens with two attached hydrogens (primary N) is 1. The van der Waals surface area contributed by atoms with E-state index in [1.807, 2.05) is 0 Å². The SMILES string of the molecule is CN(C)C=NC(=O)c1ccc([N+](=O)[O-])s1.NC(=O)c1ccc([N+](=O)[O-])s1. The fourth-order valence-corrected chi connectivity index (χ4v) is 2.72. The number of rotatable bonds is 5. The van der Waals surface area contributed by atoms with Crippen molar-refractivity contribution in [2.75, 3.05) is 14.1 Å². The first-order chi connectivity index (χ1) is 12.1. The second-order valence-corrected chi connectivity index (χ2v) is 6.79. The number of hydrogen-bond acceptors (Lipinski definition) is 8. The lowest BCUT2D eigenvalue weighted by Crippen LogP contribution is -2.09. The van der Waals surface area contributed by atoms with Crippen LogP contribution in [0.15, 0.2) is 29.3 Å². The van der Waals surface area contributed by atoms with Crippen molar-refractivity contribution in [1.82, 2.24) is 4.90 Å². The van der Waals surface area contributed by atoms with E-state index in [0.29, 0.717) is 0 Å². The minimum absolute atomic E-state index is 0.0570. The van der Waals surface area contributed by atoms with E-state index >= 15 is 0 Å². The van der Waals surface area contributed by atoms with Gasteiger partial charge in [-0.1, -0.05) is 22.7 Å². The third kappa shape index (κ3) is 6.37. The lowest BCUT2D eigenvalue weighted by molar-refractivity contribution is -0.380. The van der Waals surface area contributed by atoms with Crippen LogP contribution in [0.25, 0.3) is 0 Å². The second kappa shape index (κ2) is 9.33. The van der Waals surface area contributed by atoms with E-state index < -0.39 is 21.7 Å². The Kier molecular flexibility index (Phi) is 7.49. The van der Waals surface area contributed by atoms with E-state index in [2.05, 4.69) is 4.99 Å². The fraction of sp³-hybridized carbons (Fsp3) is 0.154. The van der Waals surface area contributed by atoms with Crippen molar-refractivity contribution in [1.29, 1.82) is 0 Å². The summed E-state index contributed by atoms with van der Waals surface area (Å²) in [5.41, 5.74) is 4.88. The summed E-state index contributed by atoms with van der Waals surface area (Å²) in [4.78, 5) is 46.9. The predicted molar refractivity (Wildman–Crippen MR) is 97.0 cm³/mol. The van der Waals surface area contributed by atoms with Crippen LogP contribution in [0.5, 0.6) is 0 Å². The lowest BCUT2D eigenvalue weighted by Gasteiger charge is -2.00. The minimum Gasteiger partial charge on any atom is -0.369 e. The van der Waals surface area contributed by atoms with Gasteiger partial charge >= 0.3 is 10.0 Å². The summed E-state index contributed by atoms with van der Waals surface area (Å²) in [6.45, 7) is 0. The van der Waals surface area contributed by atoms with Gasteiger partial charge in [-0.25, -0.2) is 0 Å². The highest BCUT2D eigenvalue weighted by Crippen LogP contribution is 2.24. The molecule has 0 unspecified atom stereocenters. The van der Waals surface area contributed by atoms with Gasteiger partial charge in [0, 0.05) is 26.2 Å². The normalized spacial score (nSPS) is 10.1. The Morgan fingerprint density at radius 1 is 1.04 bits per heavy atom. The number of nitro groups is 2. The van der Waals surface area contributed by atoms with Gasteiger partial charge in [0.05, 0.1) is 21.1 Å². The number of primary amides is 1. The van der Waals surface area contributed by atoms with Gasteiger partial charge in [0.1, 0.15) is 4.88 Å². The molecule has 0 radical (unpaired) electrons. The van der Waals surface area contributed by atoms with Crippen LogP contribution in [0.4, 0.5) is 10.0 Å². The molecule has 0 saturated heterocycles. The topological polar surface area (TPSA) is 162 Å². The first-order valence-electron chi connectivity index (χ1n) is 6.65. The average molecular weight is 399 g/mol. The van der Waals surface area contributed by atoms with E-state index in [1.54, 1.807) is 19.0 Å². The molecule has 2 aromatic rings. The van der Waals surface area contributed by atoms with Gasteiger partial charge in [0.2, 0.25) is 0 Å². The van der Waals surface area contributed by atoms with Crippen LogP contribution < -0.4 is 5.73 Å². The van der Waals surface area contributed by atoms with Crippen LogP contribution in [0.3, 0.4) is 0 Å². The molecule has 0 fully saturated rings. The Morgan fingerprint density at radius 3 is 1.85 bits per heavy atom. The molecule has 26 heavy (non-hydrogen) atoms. The van der Waals surface area contributed by atoms with E-state index in [4.69, 9.17) is 5.73 Å². The molecule has 11 nitrogen and oxygen atoms in total. The zero-order valence-corrected chi connectivity index (χ0v) is 15.2. The summed E-state index contributed by atoms with van der Waals surface area (Å²) in [5.74, 6) is -1.11. The van der Waals surface area contributed by atoms with Gasteiger partial charge in [-0.2, -0.15) is 4.99 Å². The number of amides is 2. The molecule has 2 rings (SSSR count). The number of thiophene rings is 2. The van der Waals surface area contributed by atoms with Crippen molar-refractivity contribution in [3.8, 4) is 0 Å². The molecule has 0 saturated carbocycles. The molecular weight excluding hydrogens is 386 g/mol. The van der Waals surface area contributed by atoms with Crippen LogP contribution in [-0.2, 0) is 0 Å². The molecule has 0 bridgehead atoms. The van der Waals surface area contributed by atoms with Gasteiger partial charge in [-0.3, -0.25) is 29.8 Å². The molecule has 2 amide bonds. The molecule has 0 aliphatic heterocycles. The van der Waals surface area contributed by atoms with Crippen LogP contribution in [-0.4, -0.2) is 47.0 Å². The Labute approximate surface area is 154 Å². The maximum Gasteiger partial charge on any atom is 0.324 e. The highest BCUT2D eigenvalue weighted by Gasteiger charge is 2.14. The predicted octanol–water partition coefficient (Wildman–Crippen LogP) is 2.14. The highest BCUT2D eigenvalue weighted by atomic mass is 32.1. The molecule has 0 aliphatic rings. The first kappa shape index (κ1) is 20.9. The van der Waals surface area contributed by atoms with Crippen molar-refractivity contribution in [3.05, 3.63) is 54.2 Å². The summed E-state index contributed by atoms with van der Waals surface area (Å²) in [7, 11) is 3.46. The lowest BCUT2D eigenvalue weighted by atomic mass is 10.4. The van der Waals surface area contributed by atoms with Gasteiger partial charge < -0.3 is 10.6 Å². The number of hydrogen-bond donors (Lipinski definition) is 1. The third-order valence-electron chi connectivity index (χ3n) is 2.40. The summed E-state index contributed by atoms with van der Waals surface area (Å²) in [6.07, 6.45) is 1.36. The number of aliphatic imine (C=N–C) groups is 1. The standard InChI is InChI=1S/C8H9N3O3S.C5H4N2O3S/c1-10(2)5-9-8(12)6-3-4-7(15-6)11(13)14;6-5(8)3-1-2-4(11-3)7(9)10/h3-5H,1-2H3;1-2H,(H2,6,8). The van der Waals surface area contributed by atoms with Crippen molar-refractivity contribution < 1.29 is 19.4 Å². The quantitative estimate of drug-likeness (QED) is 0.348.